The van der Waals surface area contributed by atoms with Crippen molar-refractivity contribution in [1.82, 2.24) is 14.8 Å². The predicted octanol–water partition coefficient (Wildman–Crippen LogP) is 4.40. The number of hydrogen-bond acceptors (Lipinski definition) is 5. The lowest BCUT2D eigenvalue weighted by atomic mass is 10.2. The minimum atomic E-state index is 0.0219. The number of hydrogen-bond donors (Lipinski definition) is 1. The molecule has 0 spiro atoms. The number of thioether (sulfide) groups is 1. The van der Waals surface area contributed by atoms with Crippen LogP contribution in [0.1, 0.15) is 5.56 Å². The number of rotatable bonds is 9. The monoisotopic (exact) mass is 423 g/mol. The van der Waals surface area contributed by atoms with E-state index in [0.29, 0.717) is 41.4 Å². The lowest BCUT2D eigenvalue weighted by molar-refractivity contribution is 0.103. The summed E-state index contributed by atoms with van der Waals surface area (Å²) in [6.45, 7) is 1.51. The van der Waals surface area contributed by atoms with E-state index in [9.17, 15) is 0 Å². The van der Waals surface area contributed by atoms with Gasteiger partial charge in [0.25, 0.3) is 0 Å². The van der Waals surface area contributed by atoms with Crippen molar-refractivity contribution in [1.29, 1.82) is 0 Å². The summed E-state index contributed by atoms with van der Waals surface area (Å²) in [5, 5.41) is 19.4. The van der Waals surface area contributed by atoms with Crippen molar-refractivity contribution in [2.45, 2.75) is 11.7 Å². The van der Waals surface area contributed by atoms with Gasteiger partial charge in [0.2, 0.25) is 0 Å². The fourth-order valence-corrected chi connectivity index (χ4v) is 3.81. The zero-order valence-electron chi connectivity index (χ0n) is 14.5. The fraction of sp³-hybridized carbons (Fsp3) is 0.263. The van der Waals surface area contributed by atoms with Gasteiger partial charge in [0.15, 0.2) is 11.0 Å². The Kier molecular flexibility index (Phi) is 7.55. The van der Waals surface area contributed by atoms with E-state index in [2.05, 4.69) is 22.3 Å². The number of nitrogens with zero attached hydrogens (tertiary/aromatic N) is 3. The highest BCUT2D eigenvalue weighted by Crippen LogP contribution is 2.32. The molecule has 5 nitrogen and oxygen atoms in total. The second kappa shape index (κ2) is 10.1. The van der Waals surface area contributed by atoms with Crippen LogP contribution in [0, 0.1) is 0 Å². The van der Waals surface area contributed by atoms with E-state index in [0.717, 1.165) is 16.3 Å². The standard InChI is InChI=1S/C19H19Cl2N3O2S/c20-15-6-7-16(17(21)12-15)18-22-23-19(27-11-10-26-9-8-25)24(18)13-14-4-2-1-3-5-14/h1-7,12,25H,8-11,13H2. The van der Waals surface area contributed by atoms with Crippen LogP contribution in [-0.2, 0) is 11.3 Å². The molecular formula is C19H19Cl2N3O2S. The summed E-state index contributed by atoms with van der Waals surface area (Å²) >= 11 is 14.0. The third-order valence-electron chi connectivity index (χ3n) is 3.77. The quantitative estimate of drug-likeness (QED) is 0.408. The maximum Gasteiger partial charge on any atom is 0.191 e. The van der Waals surface area contributed by atoms with Gasteiger partial charge in [0, 0.05) is 16.3 Å². The molecule has 0 unspecified atom stereocenters. The van der Waals surface area contributed by atoms with Crippen LogP contribution in [0.5, 0.6) is 0 Å². The Bertz CT molecular complexity index is 875. The first-order valence-corrected chi connectivity index (χ1v) is 10.2. The molecule has 0 saturated carbocycles. The van der Waals surface area contributed by atoms with Gasteiger partial charge in [0.1, 0.15) is 0 Å². The van der Waals surface area contributed by atoms with E-state index in [1.165, 1.54) is 0 Å². The lowest BCUT2D eigenvalue weighted by Crippen LogP contribution is -2.06. The first-order chi connectivity index (χ1) is 13.2. The molecule has 0 amide bonds. The number of aliphatic hydroxyl groups is 1. The van der Waals surface area contributed by atoms with Gasteiger partial charge in [-0.2, -0.15) is 0 Å². The minimum Gasteiger partial charge on any atom is -0.394 e. The summed E-state index contributed by atoms with van der Waals surface area (Å²) < 4.78 is 7.37. The molecule has 0 bridgehead atoms. The fourth-order valence-electron chi connectivity index (χ4n) is 2.53. The van der Waals surface area contributed by atoms with E-state index >= 15 is 0 Å². The predicted molar refractivity (Wildman–Crippen MR) is 110 cm³/mol. The Morgan fingerprint density at radius 1 is 1.04 bits per heavy atom. The molecule has 27 heavy (non-hydrogen) atoms. The van der Waals surface area contributed by atoms with Gasteiger partial charge in [-0.3, -0.25) is 4.57 Å². The number of halogens is 2. The van der Waals surface area contributed by atoms with Crippen LogP contribution < -0.4 is 0 Å². The molecule has 1 N–H and O–H groups in total. The average Bonchev–Trinajstić information content (AvgIpc) is 3.05. The molecule has 1 aromatic heterocycles. The van der Waals surface area contributed by atoms with Gasteiger partial charge in [-0.05, 0) is 23.8 Å². The van der Waals surface area contributed by atoms with Crippen LogP contribution in [0.15, 0.2) is 53.7 Å². The summed E-state index contributed by atoms with van der Waals surface area (Å²) in [6, 6.07) is 15.5. The minimum absolute atomic E-state index is 0.0219. The molecule has 3 rings (SSSR count). The van der Waals surface area contributed by atoms with Gasteiger partial charge in [-0.15, -0.1) is 10.2 Å². The van der Waals surface area contributed by atoms with Crippen LogP contribution >= 0.6 is 35.0 Å². The van der Waals surface area contributed by atoms with Crippen molar-refractivity contribution < 1.29 is 9.84 Å². The molecule has 1 heterocycles. The van der Waals surface area contributed by atoms with Gasteiger partial charge in [-0.25, -0.2) is 0 Å². The summed E-state index contributed by atoms with van der Waals surface area (Å²) in [5.41, 5.74) is 1.93. The van der Waals surface area contributed by atoms with Crippen LogP contribution in [0.3, 0.4) is 0 Å². The van der Waals surface area contributed by atoms with E-state index in [4.69, 9.17) is 33.0 Å². The number of aromatic nitrogens is 3. The van der Waals surface area contributed by atoms with E-state index in [1.54, 1.807) is 23.9 Å². The summed E-state index contributed by atoms with van der Waals surface area (Å²) in [7, 11) is 0. The summed E-state index contributed by atoms with van der Waals surface area (Å²) in [4.78, 5) is 0. The topological polar surface area (TPSA) is 60.2 Å². The molecule has 0 radical (unpaired) electrons. The first-order valence-electron chi connectivity index (χ1n) is 8.43. The van der Waals surface area contributed by atoms with Crippen LogP contribution in [-0.4, -0.2) is 45.4 Å². The molecule has 0 atom stereocenters. The molecular weight excluding hydrogens is 405 g/mol. The molecule has 3 aromatic rings. The van der Waals surface area contributed by atoms with Crippen molar-refractivity contribution in [2.75, 3.05) is 25.6 Å². The van der Waals surface area contributed by atoms with E-state index in [-0.39, 0.29) is 6.61 Å². The van der Waals surface area contributed by atoms with Gasteiger partial charge < -0.3 is 9.84 Å². The van der Waals surface area contributed by atoms with Gasteiger partial charge in [-0.1, -0.05) is 65.3 Å². The Labute approximate surface area is 172 Å². The van der Waals surface area contributed by atoms with E-state index in [1.807, 2.05) is 28.8 Å². The molecule has 0 aliphatic carbocycles. The molecule has 2 aromatic carbocycles. The van der Waals surface area contributed by atoms with Crippen molar-refractivity contribution in [3.8, 4) is 11.4 Å². The average molecular weight is 424 g/mol. The van der Waals surface area contributed by atoms with Crippen molar-refractivity contribution >= 4 is 35.0 Å². The third kappa shape index (κ3) is 5.46. The second-order valence-electron chi connectivity index (χ2n) is 5.69. The molecule has 0 aliphatic heterocycles. The molecule has 0 saturated heterocycles. The Morgan fingerprint density at radius 2 is 1.85 bits per heavy atom. The van der Waals surface area contributed by atoms with Crippen molar-refractivity contribution in [2.24, 2.45) is 0 Å². The number of aliphatic hydroxyl groups excluding tert-OH is 1. The molecule has 0 aliphatic rings. The molecule has 0 fully saturated rings. The van der Waals surface area contributed by atoms with Crippen LogP contribution in [0.2, 0.25) is 10.0 Å². The second-order valence-corrected chi connectivity index (χ2v) is 7.59. The molecule has 142 valence electrons. The Morgan fingerprint density at radius 3 is 2.59 bits per heavy atom. The zero-order chi connectivity index (χ0) is 19.1. The third-order valence-corrected chi connectivity index (χ3v) is 5.25. The first kappa shape index (κ1) is 20.2. The highest BCUT2D eigenvalue weighted by Gasteiger charge is 2.17. The van der Waals surface area contributed by atoms with Crippen LogP contribution in [0.25, 0.3) is 11.4 Å². The summed E-state index contributed by atoms with van der Waals surface area (Å²) in [5.74, 6) is 1.40. The lowest BCUT2D eigenvalue weighted by Gasteiger charge is -2.11. The summed E-state index contributed by atoms with van der Waals surface area (Å²) in [6.07, 6.45) is 0. The Balaban J connectivity index is 1.88. The molecule has 8 heteroatoms. The van der Waals surface area contributed by atoms with E-state index < -0.39 is 0 Å². The normalized spacial score (nSPS) is 11.1. The maximum absolute atomic E-state index is 8.79. The highest BCUT2D eigenvalue weighted by atomic mass is 35.5. The smallest absolute Gasteiger partial charge is 0.191 e. The number of benzene rings is 2. The van der Waals surface area contributed by atoms with Crippen molar-refractivity contribution in [3.63, 3.8) is 0 Å². The van der Waals surface area contributed by atoms with Crippen molar-refractivity contribution in [3.05, 3.63) is 64.1 Å². The number of ether oxygens (including phenoxy) is 1. The Hall–Kier alpha value is -1.57. The largest absolute Gasteiger partial charge is 0.394 e. The zero-order valence-corrected chi connectivity index (χ0v) is 16.8. The van der Waals surface area contributed by atoms with Gasteiger partial charge >= 0.3 is 0 Å². The highest BCUT2D eigenvalue weighted by molar-refractivity contribution is 7.99. The maximum atomic E-state index is 8.79. The van der Waals surface area contributed by atoms with Gasteiger partial charge in [0.05, 0.1) is 31.4 Å². The van der Waals surface area contributed by atoms with Crippen LogP contribution in [0.4, 0.5) is 0 Å². The SMILES string of the molecule is OCCOCCSc1nnc(-c2ccc(Cl)cc2Cl)n1Cc1ccccc1.